The Labute approximate surface area is 146 Å². The molecule has 2 aliphatic heterocycles. The number of esters is 1. The molecule has 25 heavy (non-hydrogen) atoms. The summed E-state index contributed by atoms with van der Waals surface area (Å²) in [7, 11) is 0. The number of aliphatic imine (C=N–C) groups is 1. The largest absolute Gasteiger partial charge is 0.479 e. The number of ether oxygens (including phenoxy) is 4. The summed E-state index contributed by atoms with van der Waals surface area (Å²) in [5.41, 5.74) is 0.544. The minimum Gasteiger partial charge on any atom is -0.479 e. The standard InChI is InChI=1S/C19H21NO5/c1-3-22-18-17(25-12(2)21)19(9-5-4-6-16(19)20-18)13-7-8-14-15(10-13)24-11-23-14/h4-5,7-8,10,16-17H,3,6,9,11H2,1-2H3/t16-,17-,19-/m1/s1. The van der Waals surface area contributed by atoms with Crippen molar-refractivity contribution in [2.75, 3.05) is 13.4 Å². The highest BCUT2D eigenvalue weighted by atomic mass is 16.7. The zero-order valence-corrected chi connectivity index (χ0v) is 14.4. The normalized spacial score (nSPS) is 29.1. The molecule has 0 aromatic heterocycles. The molecular weight excluding hydrogens is 322 g/mol. The zero-order valence-electron chi connectivity index (χ0n) is 14.4. The van der Waals surface area contributed by atoms with E-state index >= 15 is 0 Å². The molecule has 1 aromatic carbocycles. The Morgan fingerprint density at radius 3 is 2.96 bits per heavy atom. The van der Waals surface area contributed by atoms with Crippen LogP contribution in [-0.4, -0.2) is 37.4 Å². The van der Waals surface area contributed by atoms with Crippen molar-refractivity contribution in [1.29, 1.82) is 0 Å². The lowest BCUT2D eigenvalue weighted by Crippen LogP contribution is -2.49. The number of benzene rings is 1. The van der Waals surface area contributed by atoms with E-state index in [1.807, 2.05) is 25.1 Å². The lowest BCUT2D eigenvalue weighted by molar-refractivity contribution is -0.146. The van der Waals surface area contributed by atoms with Crippen molar-refractivity contribution in [2.45, 2.75) is 44.2 Å². The minimum absolute atomic E-state index is 0.0382. The van der Waals surface area contributed by atoms with Gasteiger partial charge < -0.3 is 18.9 Å². The second kappa shape index (κ2) is 6.10. The maximum atomic E-state index is 11.8. The fraction of sp³-hybridized carbons (Fsp3) is 0.474. The van der Waals surface area contributed by atoms with Gasteiger partial charge in [0.25, 0.3) is 0 Å². The van der Waals surface area contributed by atoms with Crippen LogP contribution in [0.2, 0.25) is 0 Å². The Hall–Kier alpha value is -2.50. The number of fused-ring (bicyclic) bond motifs is 2. The smallest absolute Gasteiger partial charge is 0.303 e. The van der Waals surface area contributed by atoms with E-state index in [0.29, 0.717) is 18.3 Å². The first-order chi connectivity index (χ1) is 12.1. The number of nitrogens with zero attached hydrogens (tertiary/aromatic N) is 1. The molecule has 2 heterocycles. The molecule has 4 rings (SSSR count). The molecule has 3 aliphatic rings. The quantitative estimate of drug-likeness (QED) is 0.624. The molecule has 0 unspecified atom stereocenters. The maximum Gasteiger partial charge on any atom is 0.303 e. The second-order valence-corrected chi connectivity index (χ2v) is 6.43. The molecule has 6 nitrogen and oxygen atoms in total. The van der Waals surface area contributed by atoms with Crippen molar-refractivity contribution < 1.29 is 23.7 Å². The van der Waals surface area contributed by atoms with Gasteiger partial charge in [-0.05, 0) is 37.5 Å². The van der Waals surface area contributed by atoms with E-state index in [2.05, 4.69) is 12.2 Å². The van der Waals surface area contributed by atoms with Gasteiger partial charge in [0, 0.05) is 6.92 Å². The van der Waals surface area contributed by atoms with Gasteiger partial charge in [0.15, 0.2) is 17.6 Å². The van der Waals surface area contributed by atoms with Gasteiger partial charge in [0.2, 0.25) is 12.7 Å². The van der Waals surface area contributed by atoms with Crippen LogP contribution < -0.4 is 9.47 Å². The van der Waals surface area contributed by atoms with Crippen LogP contribution in [0.3, 0.4) is 0 Å². The molecule has 0 bridgehead atoms. The third-order valence-corrected chi connectivity index (χ3v) is 5.04. The molecule has 0 saturated heterocycles. The average Bonchev–Trinajstić information content (AvgIpc) is 3.18. The summed E-state index contributed by atoms with van der Waals surface area (Å²) >= 11 is 0. The predicted molar refractivity (Wildman–Crippen MR) is 91.0 cm³/mol. The maximum absolute atomic E-state index is 11.8. The van der Waals surface area contributed by atoms with Crippen LogP contribution in [0, 0.1) is 0 Å². The predicted octanol–water partition coefficient (Wildman–Crippen LogP) is 2.75. The van der Waals surface area contributed by atoms with Crippen LogP contribution in [0.15, 0.2) is 35.3 Å². The molecule has 1 aliphatic carbocycles. The number of carbonyl (C=O) groups excluding carboxylic acids is 1. The Kier molecular flexibility index (Phi) is 3.90. The van der Waals surface area contributed by atoms with E-state index in [1.54, 1.807) is 0 Å². The van der Waals surface area contributed by atoms with Crippen molar-refractivity contribution in [3.63, 3.8) is 0 Å². The van der Waals surface area contributed by atoms with Gasteiger partial charge in [-0.15, -0.1) is 0 Å². The van der Waals surface area contributed by atoms with Crippen LogP contribution in [-0.2, 0) is 19.7 Å². The fourth-order valence-electron chi connectivity index (χ4n) is 3.97. The summed E-state index contributed by atoms with van der Waals surface area (Å²) in [6, 6.07) is 5.87. The Morgan fingerprint density at radius 2 is 2.16 bits per heavy atom. The first-order valence-electron chi connectivity index (χ1n) is 8.58. The Balaban J connectivity index is 1.81. The monoisotopic (exact) mass is 343 g/mol. The third-order valence-electron chi connectivity index (χ3n) is 5.04. The van der Waals surface area contributed by atoms with Crippen molar-refractivity contribution >= 4 is 11.9 Å². The lowest BCUT2D eigenvalue weighted by Gasteiger charge is -2.40. The van der Waals surface area contributed by atoms with Crippen molar-refractivity contribution in [2.24, 2.45) is 4.99 Å². The SMILES string of the molecule is CCOC1=N[C@@H]2CC=CC[C@]2(c2ccc3c(c2)OCO3)[C@@H]1OC(C)=O. The summed E-state index contributed by atoms with van der Waals surface area (Å²) in [6.45, 7) is 4.03. The highest BCUT2D eigenvalue weighted by Gasteiger charge is 2.56. The Morgan fingerprint density at radius 1 is 1.32 bits per heavy atom. The van der Waals surface area contributed by atoms with E-state index in [4.69, 9.17) is 23.9 Å². The number of hydrogen-bond acceptors (Lipinski definition) is 6. The van der Waals surface area contributed by atoms with Gasteiger partial charge in [-0.25, -0.2) is 4.99 Å². The van der Waals surface area contributed by atoms with Gasteiger partial charge >= 0.3 is 5.97 Å². The molecular formula is C19H21NO5. The van der Waals surface area contributed by atoms with Gasteiger partial charge in [0.1, 0.15) is 0 Å². The summed E-state index contributed by atoms with van der Waals surface area (Å²) in [5, 5.41) is 0. The van der Waals surface area contributed by atoms with E-state index in [0.717, 1.165) is 24.2 Å². The van der Waals surface area contributed by atoms with Crippen molar-refractivity contribution in [3.8, 4) is 11.5 Å². The molecule has 0 radical (unpaired) electrons. The summed E-state index contributed by atoms with van der Waals surface area (Å²) in [5.74, 6) is 1.61. The van der Waals surface area contributed by atoms with E-state index in [1.165, 1.54) is 6.92 Å². The average molecular weight is 343 g/mol. The summed E-state index contributed by atoms with van der Waals surface area (Å²) in [6.07, 6.45) is 5.21. The molecule has 0 saturated carbocycles. The van der Waals surface area contributed by atoms with Crippen molar-refractivity contribution in [3.05, 3.63) is 35.9 Å². The minimum atomic E-state index is -0.541. The molecule has 1 aromatic rings. The fourth-order valence-corrected chi connectivity index (χ4v) is 3.97. The van der Waals surface area contributed by atoms with Crippen LogP contribution in [0.25, 0.3) is 0 Å². The summed E-state index contributed by atoms with van der Waals surface area (Å²) < 4.78 is 22.4. The molecule has 0 fully saturated rings. The number of carbonyl (C=O) groups is 1. The first-order valence-corrected chi connectivity index (χ1v) is 8.58. The number of hydrogen-bond donors (Lipinski definition) is 0. The number of rotatable bonds is 3. The van der Waals surface area contributed by atoms with Crippen LogP contribution >= 0.6 is 0 Å². The summed E-state index contributed by atoms with van der Waals surface area (Å²) in [4.78, 5) is 16.6. The van der Waals surface area contributed by atoms with Crippen LogP contribution in [0.5, 0.6) is 11.5 Å². The second-order valence-electron chi connectivity index (χ2n) is 6.43. The van der Waals surface area contributed by atoms with Gasteiger partial charge in [-0.1, -0.05) is 18.2 Å². The molecule has 0 amide bonds. The zero-order chi connectivity index (χ0) is 17.4. The highest BCUT2D eigenvalue weighted by Crippen LogP contribution is 2.49. The molecule has 132 valence electrons. The van der Waals surface area contributed by atoms with E-state index < -0.39 is 11.5 Å². The van der Waals surface area contributed by atoms with Crippen LogP contribution in [0.4, 0.5) is 0 Å². The molecule has 0 N–H and O–H groups in total. The van der Waals surface area contributed by atoms with Crippen LogP contribution in [0.1, 0.15) is 32.3 Å². The number of allylic oxidation sites excluding steroid dienone is 1. The van der Waals surface area contributed by atoms with Gasteiger partial charge in [-0.2, -0.15) is 0 Å². The molecule has 6 heteroatoms. The third kappa shape index (κ3) is 2.47. The van der Waals surface area contributed by atoms with Crippen molar-refractivity contribution in [1.82, 2.24) is 0 Å². The lowest BCUT2D eigenvalue weighted by atomic mass is 9.66. The Bertz CT molecular complexity index is 756. The topological polar surface area (TPSA) is 66.3 Å². The highest BCUT2D eigenvalue weighted by molar-refractivity contribution is 5.88. The molecule has 3 atom stereocenters. The van der Waals surface area contributed by atoms with Gasteiger partial charge in [-0.3, -0.25) is 4.79 Å². The molecule has 0 spiro atoms. The van der Waals surface area contributed by atoms with Gasteiger partial charge in [0.05, 0.1) is 18.1 Å². The first kappa shape index (κ1) is 16.0. The van der Waals surface area contributed by atoms with E-state index in [-0.39, 0.29) is 18.8 Å². The van der Waals surface area contributed by atoms with E-state index in [9.17, 15) is 4.79 Å².